The van der Waals surface area contributed by atoms with Gasteiger partial charge in [-0.25, -0.2) is 4.39 Å². The zero-order valence-corrected chi connectivity index (χ0v) is 9.75. The molecule has 1 heterocycles. The van der Waals surface area contributed by atoms with Crippen LogP contribution in [0.5, 0.6) is 0 Å². The Bertz CT molecular complexity index is 467. The molecule has 3 nitrogen and oxygen atoms in total. The number of rotatable bonds is 4. The molecule has 0 saturated carbocycles. The van der Waals surface area contributed by atoms with Gasteiger partial charge in [0, 0.05) is 16.1 Å². The number of furan rings is 1. The molecule has 0 saturated heterocycles. The summed E-state index contributed by atoms with van der Waals surface area (Å²) >= 11 is 5.96. The molecule has 2 rings (SSSR count). The highest BCUT2D eigenvalue weighted by molar-refractivity contribution is 6.31. The van der Waals surface area contributed by atoms with Crippen molar-refractivity contribution in [1.29, 1.82) is 0 Å². The summed E-state index contributed by atoms with van der Waals surface area (Å²) in [5.74, 6) is 5.12. The Morgan fingerprint density at radius 3 is 2.82 bits per heavy atom. The number of halogens is 2. The van der Waals surface area contributed by atoms with E-state index in [4.69, 9.17) is 21.9 Å². The zero-order chi connectivity index (χ0) is 12.3. The van der Waals surface area contributed by atoms with Gasteiger partial charge in [-0.3, -0.25) is 11.3 Å². The topological polar surface area (TPSA) is 51.2 Å². The lowest BCUT2D eigenvalue weighted by Gasteiger charge is -2.15. The molecule has 90 valence electrons. The summed E-state index contributed by atoms with van der Waals surface area (Å²) in [6, 6.07) is 6.15. The fraction of sp³-hybridized carbons (Fsp3) is 0.167. The predicted octanol–water partition coefficient (Wildman–Crippen LogP) is 2.82. The van der Waals surface area contributed by atoms with Crippen LogP contribution in [-0.2, 0) is 6.42 Å². The molecule has 1 unspecified atom stereocenters. The normalized spacial score (nSPS) is 12.6. The van der Waals surface area contributed by atoms with Crippen LogP contribution in [0.1, 0.15) is 17.2 Å². The molecule has 0 radical (unpaired) electrons. The van der Waals surface area contributed by atoms with Gasteiger partial charge in [-0.1, -0.05) is 17.7 Å². The standard InChI is InChI=1S/C12H12ClFN2O/c13-10-2-1-3-11(14)9(10)6-12(16-15)8-4-5-17-7-8/h1-5,7,12,16H,6,15H2. The summed E-state index contributed by atoms with van der Waals surface area (Å²) in [4.78, 5) is 0. The van der Waals surface area contributed by atoms with Crippen LogP contribution in [-0.4, -0.2) is 0 Å². The molecular formula is C12H12ClFN2O. The summed E-state index contributed by atoms with van der Waals surface area (Å²) in [7, 11) is 0. The van der Waals surface area contributed by atoms with Gasteiger partial charge in [0.05, 0.1) is 18.6 Å². The Morgan fingerprint density at radius 1 is 1.41 bits per heavy atom. The van der Waals surface area contributed by atoms with Gasteiger partial charge in [-0.2, -0.15) is 0 Å². The van der Waals surface area contributed by atoms with E-state index in [0.717, 1.165) is 5.56 Å². The second-order valence-electron chi connectivity index (χ2n) is 3.68. The van der Waals surface area contributed by atoms with Crippen LogP contribution in [0.4, 0.5) is 4.39 Å². The molecule has 0 spiro atoms. The maximum absolute atomic E-state index is 13.6. The Labute approximate surface area is 103 Å². The molecule has 0 amide bonds. The van der Waals surface area contributed by atoms with E-state index in [0.29, 0.717) is 17.0 Å². The molecule has 3 N–H and O–H groups in total. The van der Waals surface area contributed by atoms with Gasteiger partial charge in [0.25, 0.3) is 0 Å². The highest BCUT2D eigenvalue weighted by atomic mass is 35.5. The average Bonchev–Trinajstić information content (AvgIpc) is 2.82. The van der Waals surface area contributed by atoms with Crippen molar-refractivity contribution in [2.45, 2.75) is 12.5 Å². The molecule has 1 aromatic heterocycles. The van der Waals surface area contributed by atoms with Gasteiger partial charge in [0.15, 0.2) is 0 Å². The van der Waals surface area contributed by atoms with Crippen LogP contribution in [0.2, 0.25) is 5.02 Å². The molecular weight excluding hydrogens is 243 g/mol. The van der Waals surface area contributed by atoms with Crippen molar-refractivity contribution in [3.05, 3.63) is 58.8 Å². The van der Waals surface area contributed by atoms with Crippen LogP contribution >= 0.6 is 11.6 Å². The quantitative estimate of drug-likeness (QED) is 0.652. The fourth-order valence-corrected chi connectivity index (χ4v) is 1.92. The van der Waals surface area contributed by atoms with Gasteiger partial charge in [-0.15, -0.1) is 0 Å². The van der Waals surface area contributed by atoms with Crippen LogP contribution in [0, 0.1) is 5.82 Å². The van der Waals surface area contributed by atoms with Crippen molar-refractivity contribution in [2.75, 3.05) is 0 Å². The second kappa shape index (κ2) is 5.31. The van der Waals surface area contributed by atoms with Gasteiger partial charge in [-0.05, 0) is 24.6 Å². The molecule has 0 aliphatic rings. The van der Waals surface area contributed by atoms with Gasteiger partial charge in [0.2, 0.25) is 0 Å². The van der Waals surface area contributed by atoms with E-state index >= 15 is 0 Å². The third kappa shape index (κ3) is 2.66. The Hall–Kier alpha value is -1.36. The van der Waals surface area contributed by atoms with Crippen molar-refractivity contribution in [3.63, 3.8) is 0 Å². The smallest absolute Gasteiger partial charge is 0.127 e. The van der Waals surface area contributed by atoms with Crippen molar-refractivity contribution in [3.8, 4) is 0 Å². The largest absolute Gasteiger partial charge is 0.472 e. The van der Waals surface area contributed by atoms with E-state index in [1.165, 1.54) is 6.07 Å². The molecule has 1 atom stereocenters. The maximum atomic E-state index is 13.6. The monoisotopic (exact) mass is 254 g/mol. The SMILES string of the molecule is NNC(Cc1c(F)cccc1Cl)c1ccoc1. The molecule has 1 aromatic carbocycles. The first-order valence-electron chi connectivity index (χ1n) is 5.13. The first-order valence-corrected chi connectivity index (χ1v) is 5.51. The third-order valence-corrected chi connectivity index (χ3v) is 2.97. The highest BCUT2D eigenvalue weighted by Crippen LogP contribution is 2.25. The van der Waals surface area contributed by atoms with Crippen LogP contribution < -0.4 is 11.3 Å². The van der Waals surface area contributed by atoms with Crippen LogP contribution in [0.25, 0.3) is 0 Å². The molecule has 0 aliphatic carbocycles. The van der Waals surface area contributed by atoms with Gasteiger partial charge in [0.1, 0.15) is 5.82 Å². The number of benzene rings is 1. The summed E-state index contributed by atoms with van der Waals surface area (Å²) in [6.45, 7) is 0. The minimum Gasteiger partial charge on any atom is -0.472 e. The van der Waals surface area contributed by atoms with Crippen molar-refractivity contribution in [2.24, 2.45) is 5.84 Å². The lowest BCUT2D eigenvalue weighted by Crippen LogP contribution is -2.29. The third-order valence-electron chi connectivity index (χ3n) is 2.62. The maximum Gasteiger partial charge on any atom is 0.127 e. The molecule has 0 aliphatic heterocycles. The first-order chi connectivity index (χ1) is 8.22. The average molecular weight is 255 g/mol. The van der Waals surface area contributed by atoms with Crippen LogP contribution in [0.3, 0.4) is 0 Å². The number of nitrogens with two attached hydrogens (primary N) is 1. The van der Waals surface area contributed by atoms with Crippen molar-refractivity contribution in [1.82, 2.24) is 5.43 Å². The summed E-state index contributed by atoms with van der Waals surface area (Å²) in [5, 5.41) is 0.397. The second-order valence-corrected chi connectivity index (χ2v) is 4.09. The first kappa shape index (κ1) is 12.1. The lowest BCUT2D eigenvalue weighted by atomic mass is 10.0. The molecule has 17 heavy (non-hydrogen) atoms. The van der Waals surface area contributed by atoms with E-state index in [1.807, 2.05) is 0 Å². The molecule has 2 aromatic rings. The predicted molar refractivity (Wildman–Crippen MR) is 63.9 cm³/mol. The van der Waals surface area contributed by atoms with E-state index in [9.17, 15) is 4.39 Å². The lowest BCUT2D eigenvalue weighted by molar-refractivity contribution is 0.513. The number of hydrogen-bond acceptors (Lipinski definition) is 3. The number of nitrogens with one attached hydrogen (secondary N) is 1. The van der Waals surface area contributed by atoms with Crippen LogP contribution in [0.15, 0.2) is 41.2 Å². The summed E-state index contributed by atoms with van der Waals surface area (Å²) in [5.41, 5.74) is 3.92. The van der Waals surface area contributed by atoms with Crippen molar-refractivity contribution < 1.29 is 8.81 Å². The van der Waals surface area contributed by atoms with E-state index in [1.54, 1.807) is 30.7 Å². The zero-order valence-electron chi connectivity index (χ0n) is 8.99. The minimum absolute atomic E-state index is 0.233. The Morgan fingerprint density at radius 2 is 2.24 bits per heavy atom. The molecule has 0 bridgehead atoms. The molecule has 0 fully saturated rings. The number of hydrogen-bond donors (Lipinski definition) is 2. The number of hydrazine groups is 1. The minimum atomic E-state index is -0.332. The highest BCUT2D eigenvalue weighted by Gasteiger charge is 2.16. The van der Waals surface area contributed by atoms with E-state index in [-0.39, 0.29) is 11.9 Å². The van der Waals surface area contributed by atoms with Crippen molar-refractivity contribution >= 4 is 11.6 Å². The summed E-state index contributed by atoms with van der Waals surface area (Å²) < 4.78 is 18.6. The fourth-order valence-electron chi connectivity index (χ4n) is 1.68. The van der Waals surface area contributed by atoms with Gasteiger partial charge >= 0.3 is 0 Å². The van der Waals surface area contributed by atoms with Gasteiger partial charge < -0.3 is 4.42 Å². The van der Waals surface area contributed by atoms with E-state index < -0.39 is 0 Å². The van der Waals surface area contributed by atoms with E-state index in [2.05, 4.69) is 5.43 Å². The summed E-state index contributed by atoms with van der Waals surface area (Å²) in [6.07, 6.45) is 3.48. The molecule has 5 heteroatoms. The Kier molecular flexibility index (Phi) is 3.78. The Balaban J connectivity index is 2.25.